The molecular formula is C23H29N5O2. The number of aromatic nitrogens is 3. The molecule has 2 N–H and O–H groups in total. The fourth-order valence-electron chi connectivity index (χ4n) is 4.78. The zero-order valence-corrected chi connectivity index (χ0v) is 17.7. The Morgan fingerprint density at radius 2 is 2.07 bits per heavy atom. The number of piperidine rings is 1. The number of fused-ring (bicyclic) bond motifs is 2. The monoisotopic (exact) mass is 407 g/mol. The van der Waals surface area contributed by atoms with Crippen molar-refractivity contribution in [1.82, 2.24) is 19.5 Å². The van der Waals surface area contributed by atoms with E-state index in [-0.39, 0.29) is 0 Å². The minimum absolute atomic E-state index is 0.326. The third-order valence-electron chi connectivity index (χ3n) is 6.11. The molecule has 0 unspecified atom stereocenters. The van der Waals surface area contributed by atoms with E-state index in [2.05, 4.69) is 29.1 Å². The van der Waals surface area contributed by atoms with Crippen LogP contribution in [0.3, 0.4) is 0 Å². The third kappa shape index (κ3) is 3.81. The van der Waals surface area contributed by atoms with Gasteiger partial charge in [-0.25, -0.2) is 4.98 Å². The zero-order valence-electron chi connectivity index (χ0n) is 17.7. The summed E-state index contributed by atoms with van der Waals surface area (Å²) in [5.74, 6) is 3.35. The average molecular weight is 408 g/mol. The molecule has 2 atom stereocenters. The molecule has 7 heteroatoms. The lowest BCUT2D eigenvalue weighted by atomic mass is 9.92. The van der Waals surface area contributed by atoms with Gasteiger partial charge in [-0.05, 0) is 56.3 Å². The Hall–Kier alpha value is -2.80. The minimum Gasteiger partial charge on any atom is -0.454 e. The van der Waals surface area contributed by atoms with Crippen molar-refractivity contribution in [1.29, 1.82) is 0 Å². The number of nitrogen functional groups attached to an aromatic ring is 1. The van der Waals surface area contributed by atoms with Gasteiger partial charge in [0.15, 0.2) is 17.1 Å². The summed E-state index contributed by atoms with van der Waals surface area (Å²) in [6, 6.07) is 10.3. The van der Waals surface area contributed by atoms with Gasteiger partial charge in [0, 0.05) is 31.1 Å². The van der Waals surface area contributed by atoms with Gasteiger partial charge in [-0.1, -0.05) is 13.0 Å². The quantitative estimate of drug-likeness (QED) is 0.698. The summed E-state index contributed by atoms with van der Waals surface area (Å²) < 4.78 is 12.7. The van der Waals surface area contributed by atoms with Gasteiger partial charge in [-0.2, -0.15) is 9.61 Å². The Kier molecular flexibility index (Phi) is 4.98. The number of ether oxygens (including phenoxy) is 2. The highest BCUT2D eigenvalue weighted by atomic mass is 16.7. The van der Waals surface area contributed by atoms with E-state index in [1.807, 2.05) is 25.1 Å². The number of rotatable bonds is 5. The summed E-state index contributed by atoms with van der Waals surface area (Å²) in [7, 11) is 0. The molecule has 158 valence electrons. The van der Waals surface area contributed by atoms with Gasteiger partial charge < -0.3 is 20.1 Å². The van der Waals surface area contributed by atoms with E-state index in [0.717, 1.165) is 61.0 Å². The highest BCUT2D eigenvalue weighted by Crippen LogP contribution is 2.33. The van der Waals surface area contributed by atoms with Gasteiger partial charge in [-0.3, -0.25) is 0 Å². The molecule has 2 aliphatic rings. The Bertz CT molecular complexity index is 1060. The van der Waals surface area contributed by atoms with Crippen molar-refractivity contribution in [3.05, 3.63) is 47.3 Å². The summed E-state index contributed by atoms with van der Waals surface area (Å²) in [5, 5.41) is 4.42. The number of benzene rings is 1. The second-order valence-electron chi connectivity index (χ2n) is 8.76. The van der Waals surface area contributed by atoms with Crippen LogP contribution in [0.15, 0.2) is 30.3 Å². The maximum atomic E-state index is 6.24. The first-order chi connectivity index (χ1) is 14.5. The number of nitrogens with two attached hydrogens (primary N) is 1. The first-order valence-corrected chi connectivity index (χ1v) is 10.8. The summed E-state index contributed by atoms with van der Waals surface area (Å²) in [5.41, 5.74) is 10.4. The molecule has 30 heavy (non-hydrogen) atoms. The van der Waals surface area contributed by atoms with Crippen LogP contribution in [-0.4, -0.2) is 45.9 Å². The summed E-state index contributed by atoms with van der Waals surface area (Å²) in [6.45, 7) is 7.87. The fourth-order valence-corrected chi connectivity index (χ4v) is 4.78. The van der Waals surface area contributed by atoms with Crippen LogP contribution in [0, 0.1) is 12.8 Å². The van der Waals surface area contributed by atoms with Crippen LogP contribution >= 0.6 is 0 Å². The smallest absolute Gasteiger partial charge is 0.231 e. The van der Waals surface area contributed by atoms with Crippen LogP contribution in [0.4, 0.5) is 5.82 Å². The van der Waals surface area contributed by atoms with Gasteiger partial charge in [0.25, 0.3) is 0 Å². The second-order valence-corrected chi connectivity index (χ2v) is 8.76. The Morgan fingerprint density at radius 3 is 2.97 bits per heavy atom. The van der Waals surface area contributed by atoms with Crippen molar-refractivity contribution in [2.24, 2.45) is 5.92 Å². The molecule has 1 fully saturated rings. The fraction of sp³-hybridized carbons (Fsp3) is 0.478. The number of nitrogens with zero attached hydrogens (tertiary/aromatic N) is 4. The lowest BCUT2D eigenvalue weighted by molar-refractivity contribution is 0.174. The van der Waals surface area contributed by atoms with Crippen molar-refractivity contribution in [3.63, 3.8) is 0 Å². The summed E-state index contributed by atoms with van der Waals surface area (Å²) in [6.07, 6.45) is 3.37. The molecule has 7 nitrogen and oxygen atoms in total. The van der Waals surface area contributed by atoms with Crippen molar-refractivity contribution >= 4 is 11.5 Å². The van der Waals surface area contributed by atoms with Crippen LogP contribution in [-0.2, 0) is 6.42 Å². The molecule has 4 heterocycles. The molecule has 0 bridgehead atoms. The minimum atomic E-state index is 0.326. The lowest BCUT2D eigenvalue weighted by Crippen LogP contribution is -2.38. The summed E-state index contributed by atoms with van der Waals surface area (Å²) in [4.78, 5) is 7.44. The number of anilines is 1. The van der Waals surface area contributed by atoms with Crippen LogP contribution in [0.2, 0.25) is 0 Å². The molecule has 0 radical (unpaired) electrons. The highest BCUT2D eigenvalue weighted by Gasteiger charge is 2.25. The number of aryl methyl sites for hydroxylation is 1. The molecule has 0 amide bonds. The van der Waals surface area contributed by atoms with Gasteiger partial charge in [-0.15, -0.1) is 0 Å². The molecule has 2 aliphatic heterocycles. The normalized spacial score (nSPS) is 20.0. The second kappa shape index (κ2) is 7.80. The predicted molar refractivity (Wildman–Crippen MR) is 116 cm³/mol. The molecule has 3 aromatic rings. The molecule has 0 spiro atoms. The highest BCUT2D eigenvalue weighted by molar-refractivity contribution is 5.49. The van der Waals surface area contributed by atoms with E-state index in [4.69, 9.17) is 20.2 Å². The van der Waals surface area contributed by atoms with E-state index < -0.39 is 0 Å². The van der Waals surface area contributed by atoms with Gasteiger partial charge in [0.05, 0.1) is 11.4 Å². The van der Waals surface area contributed by atoms with Gasteiger partial charge in [0.2, 0.25) is 6.79 Å². The molecule has 5 rings (SSSR count). The Labute approximate surface area is 176 Å². The van der Waals surface area contributed by atoms with Crippen molar-refractivity contribution in [2.45, 2.75) is 39.0 Å². The van der Waals surface area contributed by atoms with Crippen molar-refractivity contribution < 1.29 is 9.47 Å². The molecule has 0 saturated carbocycles. The van der Waals surface area contributed by atoms with Gasteiger partial charge in [0.1, 0.15) is 5.82 Å². The Balaban J connectivity index is 1.24. The maximum absolute atomic E-state index is 6.24. The van der Waals surface area contributed by atoms with Crippen LogP contribution in [0.5, 0.6) is 11.5 Å². The first kappa shape index (κ1) is 19.2. The van der Waals surface area contributed by atoms with E-state index in [1.54, 1.807) is 4.52 Å². The maximum Gasteiger partial charge on any atom is 0.231 e. The molecule has 1 saturated heterocycles. The molecular weight excluding hydrogens is 378 g/mol. The third-order valence-corrected chi connectivity index (χ3v) is 6.11. The van der Waals surface area contributed by atoms with Crippen molar-refractivity contribution in [2.75, 3.05) is 32.2 Å². The number of likely N-dealkylation sites (tertiary alicyclic amines) is 1. The number of hydrogen-bond donors (Lipinski definition) is 1. The average Bonchev–Trinajstić information content (AvgIpc) is 3.33. The summed E-state index contributed by atoms with van der Waals surface area (Å²) >= 11 is 0. The number of hydrogen-bond acceptors (Lipinski definition) is 6. The predicted octanol–water partition coefficient (Wildman–Crippen LogP) is 3.41. The lowest BCUT2D eigenvalue weighted by Gasteiger charge is -2.34. The van der Waals surface area contributed by atoms with E-state index in [0.29, 0.717) is 24.4 Å². The molecule has 1 aromatic carbocycles. The standard InChI is InChI=1S/C23H29N5O2/c1-15(8-17-5-6-20-21(10-17)30-14-29-20)12-27-7-3-4-18(13-27)19-11-22(24)28-23(25-19)9-16(2)26-28/h5-6,9-11,15,18H,3-4,7-8,12-14,24H2,1-2H3/t15-,18-/m1/s1. The van der Waals surface area contributed by atoms with Crippen molar-refractivity contribution in [3.8, 4) is 11.5 Å². The zero-order chi connectivity index (χ0) is 20.7. The molecule has 2 aromatic heterocycles. The molecule has 0 aliphatic carbocycles. The van der Waals surface area contributed by atoms with Crippen LogP contribution in [0.25, 0.3) is 5.65 Å². The topological polar surface area (TPSA) is 77.9 Å². The van der Waals surface area contributed by atoms with Crippen LogP contribution in [0.1, 0.15) is 42.6 Å². The van der Waals surface area contributed by atoms with E-state index in [1.165, 1.54) is 12.0 Å². The SMILES string of the molecule is Cc1cc2nc([C@@H]3CCCN(C[C@H](C)Cc4ccc5c(c4)OCO5)C3)cc(N)n2n1. The van der Waals surface area contributed by atoms with Crippen LogP contribution < -0.4 is 15.2 Å². The van der Waals surface area contributed by atoms with E-state index in [9.17, 15) is 0 Å². The van der Waals surface area contributed by atoms with Gasteiger partial charge >= 0.3 is 0 Å². The largest absolute Gasteiger partial charge is 0.454 e. The first-order valence-electron chi connectivity index (χ1n) is 10.8. The Morgan fingerprint density at radius 1 is 1.20 bits per heavy atom. The van der Waals surface area contributed by atoms with E-state index >= 15 is 0 Å².